The molecule has 2 saturated heterocycles. The molecule has 0 spiro atoms. The summed E-state index contributed by atoms with van der Waals surface area (Å²) in [5.74, 6) is 0.936. The molecule has 4 nitrogen and oxygen atoms in total. The van der Waals surface area contributed by atoms with E-state index in [2.05, 4.69) is 22.4 Å². The molecule has 1 aromatic heterocycles. The zero-order chi connectivity index (χ0) is 16.4. The Kier molecular flexibility index (Phi) is 4.93. The highest BCUT2D eigenvalue weighted by molar-refractivity contribution is 7.09. The van der Waals surface area contributed by atoms with Crippen molar-refractivity contribution in [1.82, 2.24) is 9.80 Å². The van der Waals surface area contributed by atoms with Crippen LogP contribution >= 0.6 is 11.3 Å². The second kappa shape index (κ2) is 7.14. The normalized spacial score (nSPS) is 30.2. The van der Waals surface area contributed by atoms with Crippen LogP contribution in [0.3, 0.4) is 0 Å². The molecule has 1 aromatic rings. The quantitative estimate of drug-likeness (QED) is 0.792. The Balaban J connectivity index is 1.30. The Bertz CT molecular complexity index is 556. The Morgan fingerprint density at radius 2 is 2.21 bits per heavy atom. The van der Waals surface area contributed by atoms with Gasteiger partial charge in [0.05, 0.1) is 6.61 Å². The maximum Gasteiger partial charge on any atom is 0.248 e. The van der Waals surface area contributed by atoms with Crippen molar-refractivity contribution >= 4 is 17.2 Å². The van der Waals surface area contributed by atoms with E-state index in [0.717, 1.165) is 51.5 Å². The van der Waals surface area contributed by atoms with Gasteiger partial charge in [0, 0.05) is 43.0 Å². The summed E-state index contributed by atoms with van der Waals surface area (Å²) < 4.78 is 5.96. The minimum atomic E-state index is 0.187. The maximum atomic E-state index is 12.2. The summed E-state index contributed by atoms with van der Waals surface area (Å²) in [5.41, 5.74) is 0.294. The second-order valence-electron chi connectivity index (χ2n) is 7.78. The minimum Gasteiger partial charge on any atom is -0.371 e. The SMILES string of the molecule is O=C(COC[C@@]12CCC[C@@H]1CN(Cc1cccs1)C2)N1CCCC1. The van der Waals surface area contributed by atoms with Gasteiger partial charge in [-0.2, -0.15) is 0 Å². The first-order chi connectivity index (χ1) is 11.8. The summed E-state index contributed by atoms with van der Waals surface area (Å²) in [6.45, 7) is 6.28. The number of thiophene rings is 1. The number of carbonyl (C=O) groups is 1. The second-order valence-corrected chi connectivity index (χ2v) is 8.81. The van der Waals surface area contributed by atoms with Crippen LogP contribution in [0.1, 0.15) is 37.0 Å². The number of fused-ring (bicyclic) bond motifs is 1. The third kappa shape index (κ3) is 3.39. The molecule has 3 heterocycles. The monoisotopic (exact) mass is 348 g/mol. The molecule has 2 atom stereocenters. The van der Waals surface area contributed by atoms with Crippen molar-refractivity contribution in [2.75, 3.05) is 39.4 Å². The predicted octanol–water partition coefficient (Wildman–Crippen LogP) is 2.99. The number of amides is 1. The van der Waals surface area contributed by atoms with Gasteiger partial charge in [0.25, 0.3) is 0 Å². The molecule has 1 saturated carbocycles. The highest BCUT2D eigenvalue weighted by Gasteiger charge is 2.49. The van der Waals surface area contributed by atoms with E-state index < -0.39 is 0 Å². The lowest BCUT2D eigenvalue weighted by Gasteiger charge is -2.29. The number of nitrogens with zero attached hydrogens (tertiary/aromatic N) is 2. The Labute approximate surface area is 148 Å². The molecule has 4 rings (SSSR count). The molecule has 0 aromatic carbocycles. The molecule has 5 heteroatoms. The molecule has 3 fully saturated rings. The lowest BCUT2D eigenvalue weighted by atomic mass is 9.81. The van der Waals surface area contributed by atoms with Crippen LogP contribution in [0.25, 0.3) is 0 Å². The van der Waals surface area contributed by atoms with Crippen molar-refractivity contribution in [2.24, 2.45) is 11.3 Å². The number of carbonyl (C=O) groups excluding carboxylic acids is 1. The largest absolute Gasteiger partial charge is 0.371 e. The Morgan fingerprint density at radius 1 is 1.33 bits per heavy atom. The van der Waals surface area contributed by atoms with E-state index in [9.17, 15) is 4.79 Å². The zero-order valence-electron chi connectivity index (χ0n) is 14.4. The number of ether oxygens (including phenoxy) is 1. The molecule has 0 radical (unpaired) electrons. The summed E-state index contributed by atoms with van der Waals surface area (Å²) in [4.78, 5) is 18.2. The fraction of sp³-hybridized carbons (Fsp3) is 0.737. The van der Waals surface area contributed by atoms with Gasteiger partial charge in [0.15, 0.2) is 0 Å². The number of hydrogen-bond donors (Lipinski definition) is 0. The first kappa shape index (κ1) is 16.6. The molecule has 24 heavy (non-hydrogen) atoms. The Hall–Kier alpha value is -0.910. The summed E-state index contributed by atoms with van der Waals surface area (Å²) >= 11 is 1.85. The van der Waals surface area contributed by atoms with Crippen molar-refractivity contribution in [3.63, 3.8) is 0 Å². The molecule has 2 aliphatic heterocycles. The molecule has 0 unspecified atom stereocenters. The van der Waals surface area contributed by atoms with Crippen LogP contribution in [-0.4, -0.2) is 55.1 Å². The van der Waals surface area contributed by atoms with Crippen molar-refractivity contribution in [2.45, 2.75) is 38.6 Å². The van der Waals surface area contributed by atoms with Gasteiger partial charge < -0.3 is 9.64 Å². The van der Waals surface area contributed by atoms with Crippen LogP contribution in [0.15, 0.2) is 17.5 Å². The van der Waals surface area contributed by atoms with Gasteiger partial charge in [-0.3, -0.25) is 9.69 Å². The van der Waals surface area contributed by atoms with Gasteiger partial charge in [-0.25, -0.2) is 0 Å². The van der Waals surface area contributed by atoms with E-state index in [1.165, 1.54) is 30.7 Å². The Morgan fingerprint density at radius 3 is 3.00 bits per heavy atom. The smallest absolute Gasteiger partial charge is 0.248 e. The standard InChI is InChI=1S/C19H28N2O2S/c22-18(21-8-1-2-9-21)13-23-15-19-7-3-5-16(19)11-20(14-19)12-17-6-4-10-24-17/h4,6,10,16H,1-3,5,7-9,11-15H2/t16-,19+/m1/s1. The van der Waals surface area contributed by atoms with Gasteiger partial charge in [-0.15, -0.1) is 11.3 Å². The fourth-order valence-corrected chi connectivity index (χ4v) is 5.65. The van der Waals surface area contributed by atoms with Crippen LogP contribution in [0.2, 0.25) is 0 Å². The van der Waals surface area contributed by atoms with Crippen molar-refractivity contribution in [3.8, 4) is 0 Å². The molecule has 3 aliphatic rings. The lowest BCUT2D eigenvalue weighted by Crippen LogP contribution is -2.36. The van der Waals surface area contributed by atoms with Gasteiger partial charge in [-0.05, 0) is 43.0 Å². The first-order valence-electron chi connectivity index (χ1n) is 9.35. The highest BCUT2D eigenvalue weighted by Crippen LogP contribution is 2.49. The molecule has 132 valence electrons. The summed E-state index contributed by atoms with van der Waals surface area (Å²) in [6, 6.07) is 4.37. The van der Waals surface area contributed by atoms with Crippen LogP contribution in [0, 0.1) is 11.3 Å². The topological polar surface area (TPSA) is 32.8 Å². The molecule has 1 amide bonds. The van der Waals surface area contributed by atoms with Gasteiger partial charge in [0.1, 0.15) is 6.61 Å². The van der Waals surface area contributed by atoms with Gasteiger partial charge in [-0.1, -0.05) is 12.5 Å². The van der Waals surface area contributed by atoms with Crippen LogP contribution < -0.4 is 0 Å². The summed E-state index contributed by atoms with van der Waals surface area (Å²) in [7, 11) is 0. The van der Waals surface area contributed by atoms with E-state index in [1.807, 2.05) is 16.2 Å². The van der Waals surface area contributed by atoms with E-state index in [-0.39, 0.29) is 12.5 Å². The lowest BCUT2D eigenvalue weighted by molar-refractivity contribution is -0.136. The number of rotatable bonds is 6. The van der Waals surface area contributed by atoms with E-state index in [1.54, 1.807) is 0 Å². The van der Waals surface area contributed by atoms with E-state index in [4.69, 9.17) is 4.74 Å². The van der Waals surface area contributed by atoms with Gasteiger partial charge >= 0.3 is 0 Å². The first-order valence-corrected chi connectivity index (χ1v) is 10.2. The van der Waals surface area contributed by atoms with Crippen molar-refractivity contribution in [1.29, 1.82) is 0 Å². The zero-order valence-corrected chi connectivity index (χ0v) is 15.2. The third-order valence-electron chi connectivity index (χ3n) is 6.14. The number of hydrogen-bond acceptors (Lipinski definition) is 4. The van der Waals surface area contributed by atoms with Crippen LogP contribution in [-0.2, 0) is 16.1 Å². The van der Waals surface area contributed by atoms with Crippen LogP contribution in [0.5, 0.6) is 0 Å². The fourth-order valence-electron chi connectivity index (χ4n) is 4.90. The third-order valence-corrected chi connectivity index (χ3v) is 7.00. The molecule has 1 aliphatic carbocycles. The molecule has 0 N–H and O–H groups in total. The highest BCUT2D eigenvalue weighted by atomic mass is 32.1. The van der Waals surface area contributed by atoms with Crippen LogP contribution in [0.4, 0.5) is 0 Å². The number of likely N-dealkylation sites (tertiary alicyclic amines) is 2. The average Bonchev–Trinajstić information content (AvgIpc) is 3.32. The minimum absolute atomic E-state index is 0.187. The van der Waals surface area contributed by atoms with E-state index in [0.29, 0.717) is 5.41 Å². The van der Waals surface area contributed by atoms with Gasteiger partial charge in [0.2, 0.25) is 5.91 Å². The van der Waals surface area contributed by atoms with Crippen molar-refractivity contribution in [3.05, 3.63) is 22.4 Å². The molecule has 0 bridgehead atoms. The molecular formula is C19H28N2O2S. The van der Waals surface area contributed by atoms with Crippen molar-refractivity contribution < 1.29 is 9.53 Å². The molecular weight excluding hydrogens is 320 g/mol. The summed E-state index contributed by atoms with van der Waals surface area (Å²) in [5, 5.41) is 2.16. The average molecular weight is 349 g/mol. The summed E-state index contributed by atoms with van der Waals surface area (Å²) in [6.07, 6.45) is 6.20. The maximum absolute atomic E-state index is 12.2. The predicted molar refractivity (Wildman–Crippen MR) is 96.0 cm³/mol. The van der Waals surface area contributed by atoms with E-state index >= 15 is 0 Å².